The molecule has 0 aliphatic carbocycles. The number of carbonyl (C=O) groups is 1. The van der Waals surface area contributed by atoms with Gasteiger partial charge in [0.15, 0.2) is 0 Å². The van der Waals surface area contributed by atoms with Crippen molar-refractivity contribution in [3.05, 3.63) is 28.3 Å². The second-order valence-corrected chi connectivity index (χ2v) is 4.21. The van der Waals surface area contributed by atoms with E-state index in [4.69, 9.17) is 22.1 Å². The number of nitrogens with one attached hydrogen (secondary N) is 1. The minimum absolute atomic E-state index is 0.473. The standard InChI is InChI=1S/C12H17ClN2O2/c1-8-6-10(7-9(2)11(8)13)17-12(16)15-5-3-4-14/h6-7H,3-5,14H2,1-2H3,(H,15,16). The molecule has 1 amide bonds. The molecule has 0 aromatic heterocycles. The van der Waals surface area contributed by atoms with Gasteiger partial charge in [-0.15, -0.1) is 0 Å². The molecule has 4 nitrogen and oxygen atoms in total. The van der Waals surface area contributed by atoms with Crippen LogP contribution in [-0.2, 0) is 0 Å². The van der Waals surface area contributed by atoms with Crippen LogP contribution in [0.2, 0.25) is 5.02 Å². The number of hydrogen-bond donors (Lipinski definition) is 2. The maximum absolute atomic E-state index is 11.4. The quantitative estimate of drug-likeness (QED) is 0.813. The van der Waals surface area contributed by atoms with Crippen LogP contribution in [0.1, 0.15) is 17.5 Å². The monoisotopic (exact) mass is 256 g/mol. The highest BCUT2D eigenvalue weighted by atomic mass is 35.5. The van der Waals surface area contributed by atoms with Gasteiger partial charge in [-0.05, 0) is 50.1 Å². The Morgan fingerprint density at radius 2 is 2.00 bits per heavy atom. The van der Waals surface area contributed by atoms with Crippen molar-refractivity contribution in [2.24, 2.45) is 5.73 Å². The topological polar surface area (TPSA) is 64.3 Å². The van der Waals surface area contributed by atoms with E-state index < -0.39 is 6.09 Å². The average Bonchev–Trinajstić information content (AvgIpc) is 2.26. The summed E-state index contributed by atoms with van der Waals surface area (Å²) in [6.07, 6.45) is 0.257. The van der Waals surface area contributed by atoms with Gasteiger partial charge >= 0.3 is 6.09 Å². The predicted octanol–water partition coefficient (Wildman–Crippen LogP) is 2.39. The van der Waals surface area contributed by atoms with Crippen molar-refractivity contribution in [3.63, 3.8) is 0 Å². The summed E-state index contributed by atoms with van der Waals surface area (Å²) in [7, 11) is 0. The Labute approximate surface area is 106 Å². The van der Waals surface area contributed by atoms with Crippen molar-refractivity contribution in [1.82, 2.24) is 5.32 Å². The molecule has 0 bridgehead atoms. The first kappa shape index (κ1) is 13.8. The highest BCUT2D eigenvalue weighted by molar-refractivity contribution is 6.32. The van der Waals surface area contributed by atoms with Crippen LogP contribution in [0.4, 0.5) is 4.79 Å². The third-order valence-electron chi connectivity index (χ3n) is 2.27. The molecule has 1 aromatic carbocycles. The summed E-state index contributed by atoms with van der Waals surface area (Å²) in [4.78, 5) is 11.4. The van der Waals surface area contributed by atoms with Gasteiger partial charge in [0.05, 0.1) is 0 Å². The summed E-state index contributed by atoms with van der Waals surface area (Å²) in [5.41, 5.74) is 7.09. The number of aryl methyl sites for hydroxylation is 2. The number of halogens is 1. The van der Waals surface area contributed by atoms with E-state index in [-0.39, 0.29) is 0 Å². The van der Waals surface area contributed by atoms with Gasteiger partial charge in [-0.2, -0.15) is 0 Å². The lowest BCUT2D eigenvalue weighted by molar-refractivity contribution is 0.200. The Morgan fingerprint density at radius 3 is 2.53 bits per heavy atom. The van der Waals surface area contributed by atoms with E-state index >= 15 is 0 Å². The highest BCUT2D eigenvalue weighted by Gasteiger charge is 2.07. The normalized spacial score (nSPS) is 10.1. The number of benzene rings is 1. The van der Waals surface area contributed by atoms with Crippen molar-refractivity contribution in [2.75, 3.05) is 13.1 Å². The van der Waals surface area contributed by atoms with Gasteiger partial charge in [0, 0.05) is 11.6 Å². The van der Waals surface area contributed by atoms with E-state index in [1.807, 2.05) is 13.8 Å². The molecule has 5 heteroatoms. The average molecular weight is 257 g/mol. The molecule has 94 valence electrons. The zero-order chi connectivity index (χ0) is 12.8. The van der Waals surface area contributed by atoms with Crippen LogP contribution in [0.15, 0.2) is 12.1 Å². The predicted molar refractivity (Wildman–Crippen MR) is 68.6 cm³/mol. The fourth-order valence-corrected chi connectivity index (χ4v) is 1.51. The van der Waals surface area contributed by atoms with Crippen molar-refractivity contribution < 1.29 is 9.53 Å². The Balaban J connectivity index is 2.60. The Kier molecular flexibility index (Phi) is 5.25. The molecular weight excluding hydrogens is 240 g/mol. The summed E-state index contributed by atoms with van der Waals surface area (Å²) in [6, 6.07) is 3.47. The maximum atomic E-state index is 11.4. The molecule has 0 atom stereocenters. The first-order chi connectivity index (χ1) is 8.04. The number of carbonyl (C=O) groups excluding carboxylic acids is 1. The third-order valence-corrected chi connectivity index (χ3v) is 2.87. The number of ether oxygens (including phenoxy) is 1. The van der Waals surface area contributed by atoms with Gasteiger partial charge in [-0.25, -0.2) is 4.79 Å². The van der Waals surface area contributed by atoms with Gasteiger partial charge in [0.1, 0.15) is 5.75 Å². The number of rotatable bonds is 4. The Hall–Kier alpha value is -1.26. The highest BCUT2D eigenvalue weighted by Crippen LogP contribution is 2.25. The molecule has 17 heavy (non-hydrogen) atoms. The summed E-state index contributed by atoms with van der Waals surface area (Å²) in [5.74, 6) is 0.495. The van der Waals surface area contributed by atoms with Gasteiger partial charge in [-0.1, -0.05) is 11.6 Å². The molecule has 0 aliphatic heterocycles. The third kappa shape index (κ3) is 4.24. The van der Waals surface area contributed by atoms with Crippen molar-refractivity contribution in [2.45, 2.75) is 20.3 Å². The van der Waals surface area contributed by atoms with E-state index in [0.717, 1.165) is 17.5 Å². The van der Waals surface area contributed by atoms with E-state index in [1.54, 1.807) is 12.1 Å². The molecule has 0 saturated carbocycles. The van der Waals surface area contributed by atoms with Crippen LogP contribution in [0.25, 0.3) is 0 Å². The number of amides is 1. The first-order valence-corrected chi connectivity index (χ1v) is 5.85. The van der Waals surface area contributed by atoms with Crippen molar-refractivity contribution in [1.29, 1.82) is 0 Å². The molecular formula is C12H17ClN2O2. The Morgan fingerprint density at radius 1 is 1.41 bits per heavy atom. The SMILES string of the molecule is Cc1cc(OC(=O)NCCCN)cc(C)c1Cl. The maximum Gasteiger partial charge on any atom is 0.412 e. The molecule has 1 aromatic rings. The number of hydrogen-bond acceptors (Lipinski definition) is 3. The molecule has 0 unspecified atom stereocenters. The van der Waals surface area contributed by atoms with E-state index in [9.17, 15) is 4.79 Å². The van der Waals surface area contributed by atoms with E-state index in [0.29, 0.717) is 23.9 Å². The lowest BCUT2D eigenvalue weighted by Crippen LogP contribution is -2.28. The second-order valence-electron chi connectivity index (χ2n) is 3.83. The summed E-state index contributed by atoms with van der Waals surface area (Å²) < 4.78 is 5.13. The molecule has 0 saturated heterocycles. The molecule has 3 N–H and O–H groups in total. The molecule has 0 radical (unpaired) electrons. The fraction of sp³-hybridized carbons (Fsp3) is 0.417. The molecule has 0 aliphatic rings. The van der Waals surface area contributed by atoms with Crippen LogP contribution >= 0.6 is 11.6 Å². The minimum Gasteiger partial charge on any atom is -0.410 e. The smallest absolute Gasteiger partial charge is 0.410 e. The summed E-state index contributed by atoms with van der Waals surface area (Å²) in [5, 5.41) is 3.31. The van der Waals surface area contributed by atoms with Crippen molar-refractivity contribution >= 4 is 17.7 Å². The van der Waals surface area contributed by atoms with Crippen LogP contribution in [0.5, 0.6) is 5.75 Å². The van der Waals surface area contributed by atoms with E-state index in [1.165, 1.54) is 0 Å². The van der Waals surface area contributed by atoms with Crippen LogP contribution in [-0.4, -0.2) is 19.2 Å². The van der Waals surface area contributed by atoms with E-state index in [2.05, 4.69) is 5.32 Å². The molecule has 0 spiro atoms. The summed E-state index contributed by atoms with van der Waals surface area (Å²) >= 11 is 6.02. The minimum atomic E-state index is -0.473. The van der Waals surface area contributed by atoms with Crippen LogP contribution in [0, 0.1) is 13.8 Å². The lowest BCUT2D eigenvalue weighted by Gasteiger charge is -2.09. The zero-order valence-corrected chi connectivity index (χ0v) is 10.8. The van der Waals surface area contributed by atoms with Gasteiger partial charge in [0.25, 0.3) is 0 Å². The van der Waals surface area contributed by atoms with Gasteiger partial charge < -0.3 is 15.8 Å². The first-order valence-electron chi connectivity index (χ1n) is 5.47. The lowest BCUT2D eigenvalue weighted by atomic mass is 10.1. The van der Waals surface area contributed by atoms with Crippen LogP contribution < -0.4 is 15.8 Å². The fourth-order valence-electron chi connectivity index (χ4n) is 1.40. The number of nitrogens with two attached hydrogens (primary N) is 1. The largest absolute Gasteiger partial charge is 0.412 e. The Bertz CT molecular complexity index is 384. The molecule has 1 rings (SSSR count). The molecule has 0 heterocycles. The van der Waals surface area contributed by atoms with Gasteiger partial charge in [-0.3, -0.25) is 0 Å². The van der Waals surface area contributed by atoms with Crippen LogP contribution in [0.3, 0.4) is 0 Å². The van der Waals surface area contributed by atoms with Gasteiger partial charge in [0.2, 0.25) is 0 Å². The zero-order valence-electron chi connectivity index (χ0n) is 10.0. The second kappa shape index (κ2) is 6.47. The summed E-state index contributed by atoms with van der Waals surface area (Å²) in [6.45, 7) is 4.80. The van der Waals surface area contributed by atoms with Crippen molar-refractivity contribution in [3.8, 4) is 5.75 Å². The molecule has 0 fully saturated rings.